The Morgan fingerprint density at radius 1 is 1.06 bits per heavy atom. The standard InChI is InChI=1S/C17H28/c1-3-4-5-6-7-8-9-10-11-12-13-14-17-15-16(17)2/h3-5,14,16H,1,6-13,15H2,2H3. The van der Waals surface area contributed by atoms with Gasteiger partial charge in [-0.15, -0.1) is 0 Å². The molecule has 0 radical (unpaired) electrons. The molecule has 1 unspecified atom stereocenters. The molecular weight excluding hydrogens is 204 g/mol. The second-order valence-corrected chi connectivity index (χ2v) is 5.25. The lowest BCUT2D eigenvalue weighted by Gasteiger charge is -1.99. The third-order valence-corrected chi connectivity index (χ3v) is 3.52. The summed E-state index contributed by atoms with van der Waals surface area (Å²) < 4.78 is 0. The minimum absolute atomic E-state index is 0.915. The lowest BCUT2D eigenvalue weighted by Crippen LogP contribution is -1.79. The van der Waals surface area contributed by atoms with E-state index < -0.39 is 0 Å². The van der Waals surface area contributed by atoms with Crippen molar-refractivity contribution < 1.29 is 0 Å². The molecule has 0 aromatic rings. The molecule has 96 valence electrons. The van der Waals surface area contributed by atoms with E-state index in [4.69, 9.17) is 0 Å². The van der Waals surface area contributed by atoms with E-state index in [-0.39, 0.29) is 0 Å². The van der Waals surface area contributed by atoms with E-state index in [1.807, 2.05) is 12.2 Å². The van der Waals surface area contributed by atoms with Crippen LogP contribution < -0.4 is 0 Å². The Hall–Kier alpha value is -0.780. The molecule has 1 aliphatic rings. The van der Waals surface area contributed by atoms with Crippen LogP contribution in [-0.2, 0) is 0 Å². The molecule has 0 aromatic heterocycles. The molecule has 0 amide bonds. The predicted octanol–water partition coefficient (Wildman–Crippen LogP) is 5.82. The molecule has 1 saturated carbocycles. The van der Waals surface area contributed by atoms with Gasteiger partial charge in [0.1, 0.15) is 0 Å². The Morgan fingerprint density at radius 2 is 1.65 bits per heavy atom. The lowest BCUT2D eigenvalue weighted by molar-refractivity contribution is 0.600. The smallest absolute Gasteiger partial charge is 0.0194 e. The Labute approximate surface area is 108 Å². The van der Waals surface area contributed by atoms with Crippen molar-refractivity contribution in [2.45, 2.75) is 64.7 Å². The van der Waals surface area contributed by atoms with Gasteiger partial charge in [-0.1, -0.05) is 69.1 Å². The molecule has 0 bridgehead atoms. The van der Waals surface area contributed by atoms with Gasteiger partial charge in [0.15, 0.2) is 0 Å². The van der Waals surface area contributed by atoms with Crippen LogP contribution in [0.5, 0.6) is 0 Å². The van der Waals surface area contributed by atoms with Crippen LogP contribution in [0.4, 0.5) is 0 Å². The number of unbranched alkanes of at least 4 members (excludes halogenated alkanes) is 7. The van der Waals surface area contributed by atoms with Crippen molar-refractivity contribution in [1.82, 2.24) is 0 Å². The van der Waals surface area contributed by atoms with Crippen molar-refractivity contribution in [2.24, 2.45) is 5.92 Å². The second-order valence-electron chi connectivity index (χ2n) is 5.25. The molecule has 0 aromatic carbocycles. The average molecular weight is 232 g/mol. The zero-order valence-electron chi connectivity index (χ0n) is 11.5. The van der Waals surface area contributed by atoms with Crippen molar-refractivity contribution >= 4 is 0 Å². The number of allylic oxidation sites excluding steroid dienone is 5. The maximum atomic E-state index is 3.67. The van der Waals surface area contributed by atoms with E-state index in [0.717, 1.165) is 5.92 Å². The van der Waals surface area contributed by atoms with Crippen molar-refractivity contribution in [3.05, 3.63) is 36.5 Å². The molecule has 1 rings (SSSR count). The summed E-state index contributed by atoms with van der Waals surface area (Å²) in [6.45, 7) is 5.99. The van der Waals surface area contributed by atoms with Crippen LogP contribution in [0.25, 0.3) is 0 Å². The molecule has 0 aliphatic heterocycles. The molecule has 0 spiro atoms. The normalized spacial score (nSPS) is 21.2. The van der Waals surface area contributed by atoms with Crippen LogP contribution in [0.1, 0.15) is 64.7 Å². The summed E-state index contributed by atoms with van der Waals surface area (Å²) in [4.78, 5) is 0. The van der Waals surface area contributed by atoms with Gasteiger partial charge < -0.3 is 0 Å². The van der Waals surface area contributed by atoms with E-state index in [9.17, 15) is 0 Å². The minimum Gasteiger partial charge on any atom is -0.0991 e. The zero-order valence-corrected chi connectivity index (χ0v) is 11.5. The topological polar surface area (TPSA) is 0 Å². The van der Waals surface area contributed by atoms with E-state index in [0.29, 0.717) is 0 Å². The van der Waals surface area contributed by atoms with Gasteiger partial charge in [0.05, 0.1) is 0 Å². The van der Waals surface area contributed by atoms with Crippen molar-refractivity contribution in [2.75, 3.05) is 0 Å². The van der Waals surface area contributed by atoms with E-state index in [1.165, 1.54) is 57.8 Å². The Kier molecular flexibility index (Phi) is 7.79. The SMILES string of the molecule is C=CC=CCCCCCCCCC=C1CC1C. The fraction of sp³-hybridized carbons (Fsp3) is 0.647. The van der Waals surface area contributed by atoms with E-state index in [2.05, 4.69) is 25.7 Å². The summed E-state index contributed by atoms with van der Waals surface area (Å²) in [7, 11) is 0. The van der Waals surface area contributed by atoms with Crippen molar-refractivity contribution in [3.8, 4) is 0 Å². The summed E-state index contributed by atoms with van der Waals surface area (Å²) in [5.74, 6) is 0.915. The van der Waals surface area contributed by atoms with Crippen LogP contribution in [0, 0.1) is 5.92 Å². The summed E-state index contributed by atoms with van der Waals surface area (Å²) in [6.07, 6.45) is 20.9. The fourth-order valence-electron chi connectivity index (χ4n) is 2.17. The molecule has 0 N–H and O–H groups in total. The molecule has 1 fully saturated rings. The van der Waals surface area contributed by atoms with Gasteiger partial charge in [-0.2, -0.15) is 0 Å². The van der Waals surface area contributed by atoms with Crippen molar-refractivity contribution in [1.29, 1.82) is 0 Å². The number of rotatable bonds is 10. The first-order valence-electron chi connectivity index (χ1n) is 7.31. The lowest BCUT2D eigenvalue weighted by atomic mass is 10.1. The zero-order chi connectivity index (χ0) is 12.3. The Balaban J connectivity index is 1.75. The predicted molar refractivity (Wildman–Crippen MR) is 78.1 cm³/mol. The molecule has 0 saturated heterocycles. The maximum Gasteiger partial charge on any atom is -0.0194 e. The maximum absolute atomic E-state index is 3.67. The summed E-state index contributed by atoms with van der Waals surface area (Å²) >= 11 is 0. The monoisotopic (exact) mass is 232 g/mol. The average Bonchev–Trinajstić information content (AvgIpc) is 3.02. The van der Waals surface area contributed by atoms with Crippen LogP contribution in [0.15, 0.2) is 36.5 Å². The first-order chi connectivity index (χ1) is 8.34. The number of hydrogen-bond donors (Lipinski definition) is 0. The molecule has 1 atom stereocenters. The Morgan fingerprint density at radius 3 is 2.24 bits per heavy atom. The first-order valence-corrected chi connectivity index (χ1v) is 7.31. The van der Waals surface area contributed by atoms with Crippen LogP contribution >= 0.6 is 0 Å². The molecule has 0 heteroatoms. The molecule has 0 nitrogen and oxygen atoms in total. The first kappa shape index (κ1) is 14.3. The van der Waals surface area contributed by atoms with Crippen LogP contribution in [0.2, 0.25) is 0 Å². The fourth-order valence-corrected chi connectivity index (χ4v) is 2.17. The highest BCUT2D eigenvalue weighted by molar-refractivity contribution is 5.21. The van der Waals surface area contributed by atoms with E-state index >= 15 is 0 Å². The van der Waals surface area contributed by atoms with Gasteiger partial charge in [-0.3, -0.25) is 0 Å². The summed E-state index contributed by atoms with van der Waals surface area (Å²) in [6, 6.07) is 0. The molecule has 1 aliphatic carbocycles. The highest BCUT2D eigenvalue weighted by atomic mass is 14.3. The highest BCUT2D eigenvalue weighted by Gasteiger charge is 2.22. The second kappa shape index (κ2) is 9.27. The van der Waals surface area contributed by atoms with Gasteiger partial charge in [0.25, 0.3) is 0 Å². The Bertz CT molecular complexity index is 257. The molecule has 17 heavy (non-hydrogen) atoms. The minimum atomic E-state index is 0.915. The van der Waals surface area contributed by atoms with Crippen LogP contribution in [0.3, 0.4) is 0 Å². The van der Waals surface area contributed by atoms with Gasteiger partial charge in [0, 0.05) is 0 Å². The van der Waals surface area contributed by atoms with Gasteiger partial charge in [0.2, 0.25) is 0 Å². The van der Waals surface area contributed by atoms with Crippen LogP contribution in [-0.4, -0.2) is 0 Å². The third-order valence-electron chi connectivity index (χ3n) is 3.52. The van der Waals surface area contributed by atoms with Gasteiger partial charge in [-0.25, -0.2) is 0 Å². The molecular formula is C17H28. The van der Waals surface area contributed by atoms with Gasteiger partial charge >= 0.3 is 0 Å². The van der Waals surface area contributed by atoms with Crippen molar-refractivity contribution in [3.63, 3.8) is 0 Å². The molecule has 0 heterocycles. The van der Waals surface area contributed by atoms with E-state index in [1.54, 1.807) is 5.57 Å². The quantitative estimate of drug-likeness (QED) is 0.253. The van der Waals surface area contributed by atoms with Gasteiger partial charge in [-0.05, 0) is 38.0 Å². The summed E-state index contributed by atoms with van der Waals surface area (Å²) in [5, 5.41) is 0. The third kappa shape index (κ3) is 8.01. The summed E-state index contributed by atoms with van der Waals surface area (Å²) in [5.41, 5.74) is 1.71. The largest absolute Gasteiger partial charge is 0.0991 e. The highest BCUT2D eigenvalue weighted by Crippen LogP contribution is 2.37. The number of hydrogen-bond acceptors (Lipinski definition) is 0.